The molecule has 0 unspecified atom stereocenters. The molecule has 0 aliphatic rings. The van der Waals surface area contributed by atoms with Crippen molar-refractivity contribution in [3.05, 3.63) is 0 Å². The van der Waals surface area contributed by atoms with Crippen molar-refractivity contribution in [2.75, 3.05) is 0 Å². The van der Waals surface area contributed by atoms with Gasteiger partial charge in [0, 0.05) is 32.7 Å². The zero-order valence-corrected chi connectivity index (χ0v) is 8.01. The summed E-state index contributed by atoms with van der Waals surface area (Å²) in [4.78, 5) is 21.6. The Kier molecular flexibility index (Phi) is 42.3. The van der Waals surface area contributed by atoms with E-state index in [9.17, 15) is 0 Å². The molecule has 0 saturated heterocycles. The van der Waals surface area contributed by atoms with E-state index in [1.54, 1.807) is 0 Å². The smallest absolute Gasteiger partial charge is 0.412 e. The molecule has 9 N–H and O–H groups in total. The first-order valence-electron chi connectivity index (χ1n) is 0.783. The van der Waals surface area contributed by atoms with Crippen molar-refractivity contribution in [2.45, 2.75) is 0 Å². The second-order valence-corrected chi connectivity index (χ2v) is 1.54. The Morgan fingerprint density at radius 2 is 0.889 bits per heavy atom. The van der Waals surface area contributed by atoms with Gasteiger partial charge in [0.25, 0.3) is 0 Å². The molecule has 0 aliphatic heterocycles. The van der Waals surface area contributed by atoms with Gasteiger partial charge in [-0.1, -0.05) is 0 Å². The molecule has 9 heteroatoms. The van der Waals surface area contributed by atoms with E-state index in [4.69, 9.17) is 19.2 Å². The van der Waals surface area contributed by atoms with Gasteiger partial charge in [-0.05, 0) is 0 Å². The molecule has 0 heterocycles. The summed E-state index contributed by atoms with van der Waals surface area (Å²) in [5.74, 6) is 0. The average molecular weight is 241 g/mol. The standard InChI is InChI=1S/H3O4P.3H2O.Y/c1-5(2,3)4;;;;/h(H3,1,2,3,4);3*1H2;. The molecular formula is H9O7PY. The van der Waals surface area contributed by atoms with Gasteiger partial charge in [-0.3, -0.25) is 0 Å². The van der Waals surface area contributed by atoms with Crippen molar-refractivity contribution in [1.29, 1.82) is 0 Å². The molecule has 0 amide bonds. The molecule has 0 aromatic rings. The van der Waals surface area contributed by atoms with Gasteiger partial charge in [-0.2, -0.15) is 0 Å². The first-order chi connectivity index (χ1) is 2.00. The molecule has 1 radical (unpaired) electrons. The third-order valence-electron chi connectivity index (χ3n) is 0. The Labute approximate surface area is 76.1 Å². The first kappa shape index (κ1) is 32.2. The normalized spacial score (nSPS) is 6.56. The van der Waals surface area contributed by atoms with Crippen LogP contribution in [0.25, 0.3) is 0 Å². The number of phosphoric acid groups is 1. The van der Waals surface area contributed by atoms with Crippen LogP contribution in [0.5, 0.6) is 0 Å². The first-order valence-corrected chi connectivity index (χ1v) is 2.35. The summed E-state index contributed by atoms with van der Waals surface area (Å²) in [6, 6.07) is 0. The minimum Gasteiger partial charge on any atom is -0.412 e. The van der Waals surface area contributed by atoms with E-state index in [2.05, 4.69) is 0 Å². The van der Waals surface area contributed by atoms with Crippen LogP contribution in [0.2, 0.25) is 0 Å². The molecule has 7 nitrogen and oxygen atoms in total. The van der Waals surface area contributed by atoms with E-state index >= 15 is 0 Å². The Morgan fingerprint density at radius 1 is 0.889 bits per heavy atom. The quantitative estimate of drug-likeness (QED) is 0.375. The molecule has 0 aromatic heterocycles. The second-order valence-electron chi connectivity index (χ2n) is 0.513. The van der Waals surface area contributed by atoms with Gasteiger partial charge in [0.2, 0.25) is 0 Å². The molecule has 0 atom stereocenters. The van der Waals surface area contributed by atoms with Crippen molar-refractivity contribution in [2.24, 2.45) is 0 Å². The van der Waals surface area contributed by atoms with E-state index in [1.807, 2.05) is 0 Å². The molecule has 0 fully saturated rings. The van der Waals surface area contributed by atoms with Crippen LogP contribution in [-0.2, 0) is 37.3 Å². The van der Waals surface area contributed by atoms with Crippen molar-refractivity contribution in [1.82, 2.24) is 0 Å². The summed E-state index contributed by atoms with van der Waals surface area (Å²) >= 11 is 0. The molecular weight excluding hydrogens is 232 g/mol. The summed E-state index contributed by atoms with van der Waals surface area (Å²) < 4.78 is 8.88. The third kappa shape index (κ3) is 382. The van der Waals surface area contributed by atoms with E-state index in [0.29, 0.717) is 0 Å². The summed E-state index contributed by atoms with van der Waals surface area (Å²) in [6.07, 6.45) is 0. The molecule has 0 saturated carbocycles. The predicted molar refractivity (Wildman–Crippen MR) is 25.1 cm³/mol. The molecule has 59 valence electrons. The topological polar surface area (TPSA) is 172 Å². The van der Waals surface area contributed by atoms with Crippen molar-refractivity contribution >= 4 is 7.82 Å². The maximum Gasteiger partial charge on any atom is 0.466 e. The van der Waals surface area contributed by atoms with Crippen LogP contribution in [0, 0.1) is 0 Å². The van der Waals surface area contributed by atoms with Crippen LogP contribution in [0.15, 0.2) is 0 Å². The predicted octanol–water partition coefficient (Wildman–Crippen LogP) is -3.41. The van der Waals surface area contributed by atoms with Crippen LogP contribution in [0.4, 0.5) is 0 Å². The molecule has 0 aromatic carbocycles. The summed E-state index contributed by atoms with van der Waals surface area (Å²) in [5, 5.41) is 0. The Balaban J connectivity index is -0.0000000133. The molecule has 0 rings (SSSR count). The van der Waals surface area contributed by atoms with Gasteiger partial charge < -0.3 is 31.1 Å². The SMILES string of the molecule is O.O.O.O=P(O)(O)O.[Y]. The zero-order chi connectivity index (χ0) is 4.50. The van der Waals surface area contributed by atoms with Gasteiger partial charge >= 0.3 is 7.82 Å². The third-order valence-corrected chi connectivity index (χ3v) is 0. The minimum absolute atomic E-state index is 0. The van der Waals surface area contributed by atoms with Crippen molar-refractivity contribution in [3.63, 3.8) is 0 Å². The van der Waals surface area contributed by atoms with Crippen LogP contribution in [0.1, 0.15) is 0 Å². The number of hydrogen-bond donors (Lipinski definition) is 3. The molecule has 0 aliphatic carbocycles. The van der Waals surface area contributed by atoms with E-state index in [1.165, 1.54) is 0 Å². The van der Waals surface area contributed by atoms with Crippen molar-refractivity contribution in [3.8, 4) is 0 Å². The fourth-order valence-electron chi connectivity index (χ4n) is 0. The van der Waals surface area contributed by atoms with E-state index < -0.39 is 7.82 Å². The van der Waals surface area contributed by atoms with Crippen LogP contribution < -0.4 is 0 Å². The maximum absolute atomic E-state index is 8.88. The number of hydrogen-bond acceptors (Lipinski definition) is 1. The van der Waals surface area contributed by atoms with Crippen LogP contribution >= 0.6 is 7.82 Å². The average Bonchev–Trinajstić information content (AvgIpc) is 0.722. The van der Waals surface area contributed by atoms with Gasteiger partial charge in [0.1, 0.15) is 0 Å². The van der Waals surface area contributed by atoms with Crippen molar-refractivity contribution < 1.29 is 68.4 Å². The fraction of sp³-hybridized carbons (Fsp3) is 0. The zero-order valence-electron chi connectivity index (χ0n) is 4.27. The maximum atomic E-state index is 8.88. The number of rotatable bonds is 0. The monoisotopic (exact) mass is 241 g/mol. The van der Waals surface area contributed by atoms with Crippen LogP contribution in [-0.4, -0.2) is 31.1 Å². The Morgan fingerprint density at radius 3 is 0.889 bits per heavy atom. The molecule has 0 bridgehead atoms. The Hall–Kier alpha value is 1.09. The largest absolute Gasteiger partial charge is 0.466 e. The summed E-state index contributed by atoms with van der Waals surface area (Å²) in [7, 11) is -4.64. The minimum atomic E-state index is -4.64. The molecule has 0 spiro atoms. The van der Waals surface area contributed by atoms with Gasteiger partial charge in [0.15, 0.2) is 0 Å². The second kappa shape index (κ2) is 11.8. The van der Waals surface area contributed by atoms with E-state index in [-0.39, 0.29) is 49.1 Å². The molecule has 9 heavy (non-hydrogen) atoms. The van der Waals surface area contributed by atoms with Gasteiger partial charge in [0.05, 0.1) is 0 Å². The van der Waals surface area contributed by atoms with Crippen LogP contribution in [0.3, 0.4) is 0 Å². The summed E-state index contributed by atoms with van der Waals surface area (Å²) in [6.45, 7) is 0. The van der Waals surface area contributed by atoms with E-state index in [0.717, 1.165) is 0 Å². The van der Waals surface area contributed by atoms with Gasteiger partial charge in [-0.25, -0.2) is 4.57 Å². The van der Waals surface area contributed by atoms with Gasteiger partial charge in [-0.15, -0.1) is 0 Å². The summed E-state index contributed by atoms with van der Waals surface area (Å²) in [5.41, 5.74) is 0. The fourth-order valence-corrected chi connectivity index (χ4v) is 0. The Bertz CT molecular complexity index is 55.1.